The Morgan fingerprint density at radius 2 is 1.51 bits per heavy atom. The minimum atomic E-state index is -0.456. The van der Waals surface area contributed by atoms with Crippen LogP contribution >= 0.6 is 0 Å². The highest BCUT2D eigenvalue weighted by Crippen LogP contribution is 2.49. The van der Waals surface area contributed by atoms with Crippen molar-refractivity contribution in [1.82, 2.24) is 10.1 Å². The third-order valence-electron chi connectivity index (χ3n) is 7.31. The number of carbonyl (C=O) groups is 1. The van der Waals surface area contributed by atoms with E-state index in [2.05, 4.69) is 57.9 Å². The van der Waals surface area contributed by atoms with Gasteiger partial charge < -0.3 is 14.6 Å². The third-order valence-corrected chi connectivity index (χ3v) is 7.31. The van der Waals surface area contributed by atoms with Crippen molar-refractivity contribution in [2.75, 3.05) is 11.9 Å². The number of hydrogen-bond donors (Lipinski definition) is 1. The van der Waals surface area contributed by atoms with Gasteiger partial charge in [-0.25, -0.2) is 0 Å². The summed E-state index contributed by atoms with van der Waals surface area (Å²) >= 11 is 0. The quantitative estimate of drug-likeness (QED) is 0.213. The molecule has 3 aromatic carbocycles. The molecule has 6 rings (SSSR count). The van der Waals surface area contributed by atoms with E-state index in [9.17, 15) is 4.79 Å². The molecule has 6 nitrogen and oxygen atoms in total. The molecular weight excluding hydrogens is 486 g/mol. The molecule has 0 amide bonds. The van der Waals surface area contributed by atoms with E-state index in [0.717, 1.165) is 63.3 Å². The number of pyridine rings is 1. The summed E-state index contributed by atoms with van der Waals surface area (Å²) in [6.45, 7) is 4.17. The van der Waals surface area contributed by atoms with Crippen LogP contribution in [0.1, 0.15) is 31.0 Å². The van der Waals surface area contributed by atoms with Gasteiger partial charge in [-0.1, -0.05) is 84.0 Å². The van der Waals surface area contributed by atoms with E-state index >= 15 is 0 Å². The van der Waals surface area contributed by atoms with Crippen LogP contribution in [0.2, 0.25) is 0 Å². The van der Waals surface area contributed by atoms with Gasteiger partial charge in [0.2, 0.25) is 0 Å². The zero-order chi connectivity index (χ0) is 26.8. The Hall–Kier alpha value is -4.71. The van der Waals surface area contributed by atoms with Gasteiger partial charge in [0.15, 0.2) is 5.76 Å². The standard InChI is InChI=1S/C33H29N3O3/c1-3-38-32(37)33(17-18-33)28-15-13-25(14-16-28)24-9-11-26(12-10-24)31-30(22(2)36-39-31)35-29-19-27(20-34-21-29)23-7-5-4-6-8-23/h4-16,19-21,35H,3,17-18H2,1-2H3. The summed E-state index contributed by atoms with van der Waals surface area (Å²) in [6.07, 6.45) is 5.34. The van der Waals surface area contributed by atoms with Gasteiger partial charge in [0, 0.05) is 17.3 Å². The Morgan fingerprint density at radius 3 is 2.18 bits per heavy atom. The highest BCUT2D eigenvalue weighted by Gasteiger charge is 2.52. The highest BCUT2D eigenvalue weighted by molar-refractivity contribution is 5.87. The first-order valence-corrected chi connectivity index (χ1v) is 13.2. The zero-order valence-corrected chi connectivity index (χ0v) is 22.0. The van der Waals surface area contributed by atoms with E-state index in [1.165, 1.54) is 0 Å². The minimum absolute atomic E-state index is 0.114. The molecule has 0 unspecified atom stereocenters. The van der Waals surface area contributed by atoms with Crippen molar-refractivity contribution in [2.24, 2.45) is 0 Å². The number of benzene rings is 3. The Bertz CT molecular complexity index is 1600. The molecule has 0 atom stereocenters. The topological polar surface area (TPSA) is 77.2 Å². The molecule has 2 heterocycles. The van der Waals surface area contributed by atoms with Crippen molar-refractivity contribution in [3.63, 3.8) is 0 Å². The second kappa shape index (κ2) is 10.2. The number of aromatic nitrogens is 2. The number of aryl methyl sites for hydroxylation is 1. The number of esters is 1. The van der Waals surface area contributed by atoms with Crippen molar-refractivity contribution in [3.8, 4) is 33.6 Å². The number of rotatable bonds is 8. The van der Waals surface area contributed by atoms with Crippen LogP contribution in [-0.4, -0.2) is 22.7 Å². The Labute approximate surface area is 227 Å². The maximum absolute atomic E-state index is 12.4. The molecule has 2 aromatic heterocycles. The van der Waals surface area contributed by atoms with Gasteiger partial charge in [-0.3, -0.25) is 9.78 Å². The van der Waals surface area contributed by atoms with E-state index in [4.69, 9.17) is 9.26 Å². The molecule has 5 aromatic rings. The number of hydrogen-bond acceptors (Lipinski definition) is 6. The van der Waals surface area contributed by atoms with Gasteiger partial charge in [0.25, 0.3) is 0 Å². The molecule has 194 valence electrons. The van der Waals surface area contributed by atoms with Gasteiger partial charge in [-0.2, -0.15) is 0 Å². The lowest BCUT2D eigenvalue weighted by atomic mass is 9.93. The maximum atomic E-state index is 12.4. The van der Waals surface area contributed by atoms with Crippen LogP contribution in [0.15, 0.2) is 102 Å². The van der Waals surface area contributed by atoms with Crippen molar-refractivity contribution >= 4 is 17.3 Å². The molecule has 6 heteroatoms. The molecule has 0 radical (unpaired) electrons. The summed E-state index contributed by atoms with van der Waals surface area (Å²) in [6, 6.07) is 28.7. The van der Waals surface area contributed by atoms with E-state index in [-0.39, 0.29) is 5.97 Å². The van der Waals surface area contributed by atoms with E-state index < -0.39 is 5.41 Å². The first kappa shape index (κ1) is 24.6. The Morgan fingerprint density at radius 1 is 0.872 bits per heavy atom. The van der Waals surface area contributed by atoms with Crippen LogP contribution in [0.4, 0.5) is 11.4 Å². The van der Waals surface area contributed by atoms with E-state index in [1.54, 1.807) is 6.20 Å². The summed E-state index contributed by atoms with van der Waals surface area (Å²) < 4.78 is 11.0. The number of anilines is 2. The molecule has 0 spiro atoms. The third kappa shape index (κ3) is 4.81. The number of nitrogens with one attached hydrogen (secondary N) is 1. The second-order valence-corrected chi connectivity index (χ2v) is 9.88. The Kier molecular flexibility index (Phi) is 6.45. The minimum Gasteiger partial charge on any atom is -0.465 e. The zero-order valence-electron chi connectivity index (χ0n) is 22.0. The average Bonchev–Trinajstić information content (AvgIpc) is 3.73. The van der Waals surface area contributed by atoms with Crippen LogP contribution in [0.25, 0.3) is 33.6 Å². The van der Waals surface area contributed by atoms with Gasteiger partial charge >= 0.3 is 5.97 Å². The largest absolute Gasteiger partial charge is 0.465 e. The van der Waals surface area contributed by atoms with Gasteiger partial charge in [0.1, 0.15) is 11.4 Å². The normalized spacial score (nSPS) is 13.6. The van der Waals surface area contributed by atoms with Crippen LogP contribution in [0.5, 0.6) is 0 Å². The Balaban J connectivity index is 1.22. The fraction of sp³-hybridized carbons (Fsp3) is 0.182. The molecular formula is C33H29N3O3. The van der Waals surface area contributed by atoms with Crippen LogP contribution in [0.3, 0.4) is 0 Å². The van der Waals surface area contributed by atoms with E-state index in [1.807, 2.05) is 62.5 Å². The predicted molar refractivity (Wildman–Crippen MR) is 153 cm³/mol. The highest BCUT2D eigenvalue weighted by atomic mass is 16.5. The summed E-state index contributed by atoms with van der Waals surface area (Å²) in [5.74, 6) is 0.557. The molecule has 1 aliphatic rings. The van der Waals surface area contributed by atoms with Crippen molar-refractivity contribution in [2.45, 2.75) is 32.1 Å². The fourth-order valence-corrected chi connectivity index (χ4v) is 4.96. The van der Waals surface area contributed by atoms with Crippen LogP contribution in [-0.2, 0) is 14.9 Å². The molecule has 1 fully saturated rings. The average molecular weight is 516 g/mol. The van der Waals surface area contributed by atoms with Crippen molar-refractivity contribution < 1.29 is 14.1 Å². The summed E-state index contributed by atoms with van der Waals surface area (Å²) in [7, 11) is 0. The maximum Gasteiger partial charge on any atom is 0.316 e. The number of ether oxygens (including phenoxy) is 1. The molecule has 1 saturated carbocycles. The fourth-order valence-electron chi connectivity index (χ4n) is 4.96. The SMILES string of the molecule is CCOC(=O)C1(c2ccc(-c3ccc(-c4onc(C)c4Nc4cncc(-c5ccccc5)c4)cc3)cc2)CC1. The number of carbonyl (C=O) groups excluding carboxylic acids is 1. The number of nitrogens with zero attached hydrogens (tertiary/aromatic N) is 2. The molecule has 1 aliphatic carbocycles. The first-order valence-electron chi connectivity index (χ1n) is 13.2. The molecule has 39 heavy (non-hydrogen) atoms. The molecule has 0 aliphatic heterocycles. The lowest BCUT2D eigenvalue weighted by molar-refractivity contribution is -0.146. The molecule has 1 N–H and O–H groups in total. The smallest absolute Gasteiger partial charge is 0.316 e. The van der Waals surface area contributed by atoms with Gasteiger partial charge in [-0.15, -0.1) is 0 Å². The van der Waals surface area contributed by atoms with Gasteiger partial charge in [0.05, 0.1) is 23.9 Å². The lowest BCUT2D eigenvalue weighted by Crippen LogP contribution is -2.23. The predicted octanol–water partition coefficient (Wildman–Crippen LogP) is 7.72. The van der Waals surface area contributed by atoms with Crippen molar-refractivity contribution in [1.29, 1.82) is 0 Å². The van der Waals surface area contributed by atoms with E-state index in [0.29, 0.717) is 12.4 Å². The lowest BCUT2D eigenvalue weighted by Gasteiger charge is -2.14. The second-order valence-electron chi connectivity index (χ2n) is 9.88. The molecule has 0 saturated heterocycles. The van der Waals surface area contributed by atoms with Gasteiger partial charge in [-0.05, 0) is 55.0 Å². The van der Waals surface area contributed by atoms with Crippen molar-refractivity contribution in [3.05, 3.63) is 109 Å². The first-order chi connectivity index (χ1) is 19.1. The molecule has 0 bridgehead atoms. The summed E-state index contributed by atoms with van der Waals surface area (Å²) in [5, 5.41) is 7.68. The van der Waals surface area contributed by atoms with Crippen LogP contribution in [0, 0.1) is 6.92 Å². The summed E-state index contributed by atoms with van der Waals surface area (Å²) in [5.41, 5.74) is 8.23. The monoisotopic (exact) mass is 515 g/mol. The summed E-state index contributed by atoms with van der Waals surface area (Å²) in [4.78, 5) is 16.9. The van der Waals surface area contributed by atoms with Crippen LogP contribution < -0.4 is 5.32 Å².